The average Bonchev–Trinajstić information content (AvgIpc) is 3.32. The third-order valence-electron chi connectivity index (χ3n) is 8.97. The Kier molecular flexibility index (Phi) is 3.86. The van der Waals surface area contributed by atoms with Gasteiger partial charge in [-0.3, -0.25) is 0 Å². The highest BCUT2D eigenvalue weighted by atomic mass is 15.1. The van der Waals surface area contributed by atoms with Gasteiger partial charge in [-0.2, -0.15) is 0 Å². The summed E-state index contributed by atoms with van der Waals surface area (Å²) in [6.45, 7) is -7.70. The van der Waals surface area contributed by atoms with E-state index in [9.17, 15) is 6.85 Å². The van der Waals surface area contributed by atoms with E-state index in [0.717, 1.165) is 22.5 Å². The molecule has 0 aromatic heterocycles. The molecule has 238 valence electrons. The van der Waals surface area contributed by atoms with Crippen LogP contribution in [0.3, 0.4) is 0 Å². The van der Waals surface area contributed by atoms with Gasteiger partial charge in [-0.15, -0.1) is 0 Å². The first kappa shape index (κ1) is 16.0. The first-order chi connectivity index (χ1) is 32.5. The van der Waals surface area contributed by atoms with E-state index in [1.54, 1.807) is 24.3 Å². The van der Waals surface area contributed by atoms with Crippen molar-refractivity contribution in [1.29, 1.82) is 0 Å². The van der Waals surface area contributed by atoms with Crippen LogP contribution in [0.4, 0.5) is 17.1 Å². The Morgan fingerprint density at radius 2 is 1.06 bits per heavy atom. The summed E-state index contributed by atoms with van der Waals surface area (Å²) in [5.74, 6) is 0. The Hall–Kier alpha value is -6.18. The number of fused-ring (bicyclic) bond motifs is 2. The van der Waals surface area contributed by atoms with Gasteiger partial charge in [0.1, 0.15) is 0 Å². The average molecular weight is 659 g/mol. The van der Waals surface area contributed by atoms with E-state index in [1.165, 1.54) is 0 Å². The van der Waals surface area contributed by atoms with Crippen LogP contribution >= 0.6 is 0 Å². The summed E-state index contributed by atoms with van der Waals surface area (Å²) >= 11 is 0. The standard InChI is InChI=1S/C49H37N/c1-49(2)45-23-12-18-38-28-33-42(47(46(38)45)44-22-13-21-43(48(44)49)36-16-8-4-9-17-36)37-26-31-41(32-27-37)50(39-19-10-5-11-20-39)40-29-24-35(25-30-40)34-14-6-3-7-15-34/h3-33H,1-2H3/i1D3,2D3,4D,8D,9D,12D,13D,16D,17D,18D,21D,22D,23D,28D,33D. The zero-order valence-electron chi connectivity index (χ0n) is 45.3. The molecule has 0 saturated carbocycles. The van der Waals surface area contributed by atoms with Crippen molar-refractivity contribution in [2.45, 2.75) is 19.1 Å². The number of benzene rings is 8. The maximum Gasteiger partial charge on any atom is 0.0630 e. The molecule has 0 heterocycles. The molecular formula is C49H37N. The van der Waals surface area contributed by atoms with Crippen LogP contribution in [0.2, 0.25) is 0 Å². The van der Waals surface area contributed by atoms with Crippen LogP contribution in [0.15, 0.2) is 188 Å². The van der Waals surface area contributed by atoms with Crippen molar-refractivity contribution in [3.8, 4) is 44.5 Å². The van der Waals surface area contributed by atoms with Crippen molar-refractivity contribution in [3.63, 3.8) is 0 Å². The second kappa shape index (κ2) is 12.1. The Bertz CT molecular complexity index is 3380. The van der Waals surface area contributed by atoms with Gasteiger partial charge in [0.15, 0.2) is 0 Å². The van der Waals surface area contributed by atoms with Crippen molar-refractivity contribution in [1.82, 2.24) is 0 Å². The van der Waals surface area contributed by atoms with E-state index in [-0.39, 0.29) is 16.7 Å². The van der Waals surface area contributed by atoms with Crippen molar-refractivity contribution < 1.29 is 26.0 Å². The Morgan fingerprint density at radius 3 is 1.76 bits per heavy atom. The van der Waals surface area contributed by atoms with E-state index < -0.39 is 136 Å². The second-order valence-electron chi connectivity index (χ2n) is 11.9. The van der Waals surface area contributed by atoms with E-state index in [0.29, 0.717) is 5.69 Å². The van der Waals surface area contributed by atoms with Crippen molar-refractivity contribution >= 4 is 27.8 Å². The summed E-state index contributed by atoms with van der Waals surface area (Å²) < 4.78 is 173. The van der Waals surface area contributed by atoms with Gasteiger partial charge in [0, 0.05) is 30.7 Å². The fraction of sp³-hybridized carbons (Fsp3) is 0.0612. The monoisotopic (exact) mass is 658 g/mol. The van der Waals surface area contributed by atoms with Crippen LogP contribution in [0, 0.1) is 0 Å². The molecule has 0 radical (unpaired) electrons. The molecule has 0 bridgehead atoms. The molecule has 1 nitrogen and oxygen atoms in total. The molecule has 0 unspecified atom stereocenters. The maximum atomic E-state index is 9.60. The normalized spacial score (nSPS) is 18.7. The Morgan fingerprint density at radius 1 is 0.460 bits per heavy atom. The fourth-order valence-electron chi connectivity index (χ4n) is 6.70. The minimum absolute atomic E-state index is 0.145. The molecule has 50 heavy (non-hydrogen) atoms. The van der Waals surface area contributed by atoms with Crippen LogP contribution in [-0.4, -0.2) is 0 Å². The van der Waals surface area contributed by atoms with E-state index >= 15 is 0 Å². The van der Waals surface area contributed by atoms with E-state index in [4.69, 9.17) is 19.2 Å². The first-order valence-corrected chi connectivity index (χ1v) is 15.9. The summed E-state index contributed by atoms with van der Waals surface area (Å²) in [7, 11) is 0. The van der Waals surface area contributed by atoms with Gasteiger partial charge in [-0.05, 0) is 103 Å². The molecular weight excluding hydrogens is 603 g/mol. The molecule has 1 aliphatic rings. The fourth-order valence-corrected chi connectivity index (χ4v) is 6.70. The maximum absolute atomic E-state index is 9.60. The topological polar surface area (TPSA) is 3.24 Å². The molecule has 0 saturated heterocycles. The van der Waals surface area contributed by atoms with Crippen molar-refractivity contribution in [2.24, 2.45) is 0 Å². The molecule has 0 amide bonds. The summed E-state index contributed by atoms with van der Waals surface area (Å²) in [5.41, 5.74) is -4.24. The lowest BCUT2D eigenvalue weighted by Gasteiger charge is -2.38. The van der Waals surface area contributed by atoms with Gasteiger partial charge in [-0.25, -0.2) is 0 Å². The highest BCUT2D eigenvalue weighted by Crippen LogP contribution is 2.54. The Labute approximate surface area is 321 Å². The van der Waals surface area contributed by atoms with Crippen LogP contribution in [-0.2, 0) is 5.41 Å². The molecule has 8 aromatic carbocycles. The third kappa shape index (κ3) is 4.94. The zero-order chi connectivity index (χ0) is 50.0. The highest BCUT2D eigenvalue weighted by Gasteiger charge is 2.36. The van der Waals surface area contributed by atoms with Crippen LogP contribution in [0.1, 0.15) is 50.9 Å². The molecule has 1 aliphatic carbocycles. The third-order valence-corrected chi connectivity index (χ3v) is 8.97. The first-order valence-electron chi connectivity index (χ1n) is 25.4. The predicted molar refractivity (Wildman–Crippen MR) is 213 cm³/mol. The lowest BCUT2D eigenvalue weighted by atomic mass is 9.65. The van der Waals surface area contributed by atoms with E-state index in [2.05, 4.69) is 0 Å². The second-order valence-corrected chi connectivity index (χ2v) is 11.9. The molecule has 0 aliphatic heterocycles. The largest absolute Gasteiger partial charge is 0.311 e. The van der Waals surface area contributed by atoms with Gasteiger partial charge in [0.25, 0.3) is 0 Å². The number of hydrogen-bond acceptors (Lipinski definition) is 1. The van der Waals surface area contributed by atoms with Crippen LogP contribution in [0.25, 0.3) is 55.3 Å². The van der Waals surface area contributed by atoms with Gasteiger partial charge in [0.2, 0.25) is 0 Å². The van der Waals surface area contributed by atoms with Gasteiger partial charge in [0.05, 0.1) is 17.8 Å². The molecule has 9 rings (SSSR count). The molecule has 8 aromatic rings. The molecule has 1 heteroatoms. The number of para-hydroxylation sites is 1. The quantitative estimate of drug-likeness (QED) is 0.172. The van der Waals surface area contributed by atoms with Crippen LogP contribution in [0.5, 0.6) is 0 Å². The number of hydrogen-bond donors (Lipinski definition) is 0. The highest BCUT2D eigenvalue weighted by molar-refractivity contribution is 6.10. The minimum atomic E-state index is -3.85. The predicted octanol–water partition coefficient (Wildman–Crippen LogP) is 13.6. The van der Waals surface area contributed by atoms with E-state index in [1.807, 2.05) is 89.8 Å². The molecule has 0 fully saturated rings. The van der Waals surface area contributed by atoms with Gasteiger partial charge in [-0.1, -0.05) is 165 Å². The zero-order valence-corrected chi connectivity index (χ0v) is 26.3. The molecule has 0 N–H and O–H groups in total. The summed E-state index contributed by atoms with van der Waals surface area (Å²) in [4.78, 5) is 1.96. The number of anilines is 3. The Balaban J connectivity index is 1.43. The van der Waals surface area contributed by atoms with Gasteiger partial charge < -0.3 is 4.90 Å². The smallest absolute Gasteiger partial charge is 0.0630 e. The molecule has 0 spiro atoms. The summed E-state index contributed by atoms with van der Waals surface area (Å²) in [6.07, 6.45) is 0. The van der Waals surface area contributed by atoms with Crippen molar-refractivity contribution in [2.75, 3.05) is 4.90 Å². The minimum Gasteiger partial charge on any atom is -0.311 e. The summed E-state index contributed by atoms with van der Waals surface area (Å²) in [5, 5.41) is -1.10. The summed E-state index contributed by atoms with van der Waals surface area (Å²) in [6, 6.07) is 21.7. The SMILES string of the molecule is [2H]c1c([2H])c([2H])c(-c2c([2H])c([2H])c([2H])c3c2C(C([2H])([2H])[2H])(C([2H])([2H])[2H])c2c([2H])c([2H])c([2H])c4c([2H])c([2H])c(-c5ccc(N(c6ccccc6)c6ccc(-c7ccccc7)cc6)cc5)c-3c24)c([2H])c1[2H]. The van der Waals surface area contributed by atoms with Crippen LogP contribution < -0.4 is 4.90 Å². The number of nitrogens with zero attached hydrogens (tertiary/aromatic N) is 1. The lowest BCUT2D eigenvalue weighted by molar-refractivity contribution is 0.647. The van der Waals surface area contributed by atoms with Crippen molar-refractivity contribution in [3.05, 3.63) is 199 Å². The van der Waals surface area contributed by atoms with Gasteiger partial charge >= 0.3 is 0 Å². The lowest BCUT2D eigenvalue weighted by Crippen LogP contribution is -2.25. The number of rotatable bonds is 6. The molecule has 0 atom stereocenters.